The van der Waals surface area contributed by atoms with Gasteiger partial charge < -0.3 is 15.5 Å². The second-order valence-electron chi connectivity index (χ2n) is 6.97. The van der Waals surface area contributed by atoms with E-state index >= 15 is 0 Å². The summed E-state index contributed by atoms with van der Waals surface area (Å²) in [6.45, 7) is 0. The summed E-state index contributed by atoms with van der Waals surface area (Å²) in [6, 6.07) is 12.9. The average molecular weight is 334 g/mol. The molecule has 0 aliphatic carbocycles. The van der Waals surface area contributed by atoms with E-state index in [1.807, 2.05) is 35.2 Å². The van der Waals surface area contributed by atoms with E-state index in [1.165, 1.54) is 0 Å². The van der Waals surface area contributed by atoms with Gasteiger partial charge in [-0.25, -0.2) is 0 Å². The van der Waals surface area contributed by atoms with Crippen LogP contribution in [0.5, 0.6) is 0 Å². The molecule has 0 unspecified atom stereocenters. The molecule has 5 rings (SSSR count). The van der Waals surface area contributed by atoms with Crippen molar-refractivity contribution >= 4 is 17.5 Å². The molecule has 2 bridgehead atoms. The number of rotatable bonds is 1. The first-order valence-electron chi connectivity index (χ1n) is 8.61. The number of benzene rings is 1. The summed E-state index contributed by atoms with van der Waals surface area (Å²) in [5, 5.41) is 6.68. The first-order valence-corrected chi connectivity index (χ1v) is 8.61. The minimum absolute atomic E-state index is 0.0557. The third-order valence-corrected chi connectivity index (χ3v) is 5.61. The van der Waals surface area contributed by atoms with E-state index in [0.717, 1.165) is 24.9 Å². The molecule has 3 atom stereocenters. The van der Waals surface area contributed by atoms with Gasteiger partial charge in [-0.05, 0) is 37.1 Å². The van der Waals surface area contributed by atoms with Crippen LogP contribution in [-0.2, 0) is 0 Å². The van der Waals surface area contributed by atoms with Crippen LogP contribution in [0.4, 0.5) is 5.69 Å². The summed E-state index contributed by atoms with van der Waals surface area (Å²) >= 11 is 0. The van der Waals surface area contributed by atoms with Crippen molar-refractivity contribution in [3.8, 4) is 0 Å². The van der Waals surface area contributed by atoms with Crippen molar-refractivity contribution in [3.05, 3.63) is 59.9 Å². The third kappa shape index (κ3) is 2.00. The van der Waals surface area contributed by atoms with Crippen molar-refractivity contribution in [2.75, 3.05) is 5.32 Å². The zero-order valence-electron chi connectivity index (χ0n) is 13.6. The quantitative estimate of drug-likeness (QED) is 0.837. The maximum Gasteiger partial charge on any atom is 0.273 e. The fraction of sp³-hybridized carbons (Fsp3) is 0.316. The highest BCUT2D eigenvalue weighted by Crippen LogP contribution is 2.46. The summed E-state index contributed by atoms with van der Waals surface area (Å²) in [5.74, 6) is -0.132. The van der Waals surface area contributed by atoms with E-state index < -0.39 is 5.66 Å². The highest BCUT2D eigenvalue weighted by Gasteiger charge is 2.60. The average Bonchev–Trinajstić information content (AvgIpc) is 3.17. The topological polar surface area (TPSA) is 74.3 Å². The second-order valence-corrected chi connectivity index (χ2v) is 6.97. The van der Waals surface area contributed by atoms with Gasteiger partial charge in [0.05, 0.1) is 11.6 Å². The molecule has 2 aromatic rings. The number of nitrogens with zero attached hydrogens (tertiary/aromatic N) is 2. The van der Waals surface area contributed by atoms with Crippen LogP contribution in [0.3, 0.4) is 0 Å². The molecule has 126 valence electrons. The van der Waals surface area contributed by atoms with Gasteiger partial charge in [0, 0.05) is 24.3 Å². The Balaban J connectivity index is 1.50. The molecule has 6 heteroatoms. The number of aromatic nitrogens is 1. The van der Waals surface area contributed by atoms with Crippen LogP contribution in [0.25, 0.3) is 0 Å². The zero-order chi connectivity index (χ0) is 17.0. The molecular formula is C19H18N4O2. The predicted octanol–water partition coefficient (Wildman–Crippen LogP) is 2.01. The van der Waals surface area contributed by atoms with Gasteiger partial charge in [0.15, 0.2) is 0 Å². The van der Waals surface area contributed by atoms with Crippen LogP contribution in [-0.4, -0.2) is 39.4 Å². The van der Waals surface area contributed by atoms with Gasteiger partial charge in [-0.3, -0.25) is 14.6 Å². The molecule has 4 heterocycles. The van der Waals surface area contributed by atoms with Gasteiger partial charge in [-0.15, -0.1) is 0 Å². The van der Waals surface area contributed by atoms with Gasteiger partial charge in [0.25, 0.3) is 11.8 Å². The molecule has 6 nitrogen and oxygen atoms in total. The summed E-state index contributed by atoms with van der Waals surface area (Å²) in [4.78, 5) is 31.7. The van der Waals surface area contributed by atoms with E-state index in [-0.39, 0.29) is 23.9 Å². The molecule has 1 aromatic carbocycles. The molecule has 2 fully saturated rings. The maximum atomic E-state index is 13.0. The molecule has 2 amide bonds. The zero-order valence-corrected chi connectivity index (χ0v) is 13.6. The number of hydrogen-bond acceptors (Lipinski definition) is 4. The Morgan fingerprint density at radius 3 is 2.80 bits per heavy atom. The molecule has 2 saturated heterocycles. The normalized spacial score (nSPS) is 29.3. The lowest BCUT2D eigenvalue weighted by atomic mass is 9.86. The first-order chi connectivity index (χ1) is 12.2. The predicted molar refractivity (Wildman–Crippen MR) is 92.1 cm³/mol. The fourth-order valence-corrected chi connectivity index (χ4v) is 4.60. The van der Waals surface area contributed by atoms with Crippen molar-refractivity contribution in [3.63, 3.8) is 0 Å². The summed E-state index contributed by atoms with van der Waals surface area (Å²) in [7, 11) is 0. The lowest BCUT2D eigenvalue weighted by molar-refractivity contribution is 0.0686. The van der Waals surface area contributed by atoms with Crippen LogP contribution in [0, 0.1) is 0 Å². The van der Waals surface area contributed by atoms with Crippen LogP contribution >= 0.6 is 0 Å². The second kappa shape index (κ2) is 5.05. The minimum atomic E-state index is -0.585. The van der Waals surface area contributed by atoms with Gasteiger partial charge in [0.1, 0.15) is 11.4 Å². The SMILES string of the molecule is O=C1N[C@@]2(C[C@H]3CC[C@@H]2N3C(=O)c2ccccn2)Nc2ccccc21. The Morgan fingerprint density at radius 2 is 1.96 bits per heavy atom. The molecule has 0 radical (unpaired) electrons. The summed E-state index contributed by atoms with van der Waals surface area (Å²) < 4.78 is 0. The van der Waals surface area contributed by atoms with E-state index in [1.54, 1.807) is 18.3 Å². The molecule has 3 aliphatic heterocycles. The molecule has 25 heavy (non-hydrogen) atoms. The van der Waals surface area contributed by atoms with Crippen molar-refractivity contribution in [1.82, 2.24) is 15.2 Å². The monoisotopic (exact) mass is 334 g/mol. The van der Waals surface area contributed by atoms with Crippen molar-refractivity contribution in [1.29, 1.82) is 0 Å². The summed E-state index contributed by atoms with van der Waals surface area (Å²) in [5.41, 5.74) is 1.36. The van der Waals surface area contributed by atoms with E-state index in [2.05, 4.69) is 15.6 Å². The largest absolute Gasteiger partial charge is 0.360 e. The number of nitrogens with one attached hydrogen (secondary N) is 2. The molecule has 1 aromatic heterocycles. The standard InChI is InChI=1S/C19H18N4O2/c24-17-13-5-1-2-6-14(13)21-19(22-17)11-12-8-9-16(19)23(12)18(25)15-7-3-4-10-20-15/h1-7,10,12,16,21H,8-9,11H2,(H,22,24)/t12-,16+,19-/m1/s1. The minimum Gasteiger partial charge on any atom is -0.360 e. The highest BCUT2D eigenvalue weighted by atomic mass is 16.2. The number of carbonyl (C=O) groups is 2. The highest BCUT2D eigenvalue weighted by molar-refractivity contribution is 6.02. The number of pyridine rings is 1. The summed E-state index contributed by atoms with van der Waals surface area (Å²) in [6.07, 6.45) is 4.19. The van der Waals surface area contributed by atoms with E-state index in [0.29, 0.717) is 11.3 Å². The van der Waals surface area contributed by atoms with Gasteiger partial charge in [0.2, 0.25) is 0 Å². The number of anilines is 1. The van der Waals surface area contributed by atoms with Gasteiger partial charge in [-0.1, -0.05) is 18.2 Å². The number of para-hydroxylation sites is 1. The van der Waals surface area contributed by atoms with Crippen LogP contribution in [0.15, 0.2) is 48.7 Å². The Labute approximate surface area is 145 Å². The Bertz CT molecular complexity index is 869. The molecular weight excluding hydrogens is 316 g/mol. The molecule has 2 N–H and O–H groups in total. The van der Waals surface area contributed by atoms with Gasteiger partial charge in [-0.2, -0.15) is 0 Å². The lowest BCUT2D eigenvalue weighted by Crippen LogP contribution is -2.64. The van der Waals surface area contributed by atoms with Crippen LogP contribution in [0.2, 0.25) is 0 Å². The fourth-order valence-electron chi connectivity index (χ4n) is 4.60. The lowest BCUT2D eigenvalue weighted by Gasteiger charge is -2.43. The number of hydrogen-bond donors (Lipinski definition) is 2. The van der Waals surface area contributed by atoms with E-state index in [9.17, 15) is 9.59 Å². The smallest absolute Gasteiger partial charge is 0.273 e. The Hall–Kier alpha value is -2.89. The first kappa shape index (κ1) is 14.5. The van der Waals surface area contributed by atoms with Crippen LogP contribution in [0.1, 0.15) is 40.1 Å². The van der Waals surface area contributed by atoms with Crippen molar-refractivity contribution < 1.29 is 9.59 Å². The number of carbonyl (C=O) groups excluding carboxylic acids is 2. The maximum absolute atomic E-state index is 13.0. The number of amides is 2. The third-order valence-electron chi connectivity index (χ3n) is 5.61. The van der Waals surface area contributed by atoms with E-state index in [4.69, 9.17) is 0 Å². The Kier molecular flexibility index (Phi) is 2.92. The molecule has 0 saturated carbocycles. The molecule has 3 aliphatic rings. The van der Waals surface area contributed by atoms with Gasteiger partial charge >= 0.3 is 0 Å². The Morgan fingerprint density at radius 1 is 1.12 bits per heavy atom. The van der Waals surface area contributed by atoms with Crippen molar-refractivity contribution in [2.24, 2.45) is 0 Å². The van der Waals surface area contributed by atoms with Crippen molar-refractivity contribution in [2.45, 2.75) is 37.0 Å². The van der Waals surface area contributed by atoms with Crippen LogP contribution < -0.4 is 10.6 Å². The number of fused-ring (bicyclic) bond motifs is 4. The molecule has 1 spiro atoms.